The van der Waals surface area contributed by atoms with E-state index in [1.807, 2.05) is 18.2 Å². The van der Waals surface area contributed by atoms with Gasteiger partial charge in [0.05, 0.1) is 11.9 Å². The first-order chi connectivity index (χ1) is 16.0. The minimum Gasteiger partial charge on any atom is -0.457 e. The van der Waals surface area contributed by atoms with Gasteiger partial charge < -0.3 is 4.74 Å². The summed E-state index contributed by atoms with van der Waals surface area (Å²) in [6.07, 6.45) is 1.54. The highest BCUT2D eigenvalue weighted by atomic mass is 35.5. The highest BCUT2D eigenvalue weighted by Gasteiger charge is 2.12. The molecular weight excluding hydrogens is 461 g/mol. The van der Waals surface area contributed by atoms with Crippen LogP contribution in [0.5, 0.6) is 11.5 Å². The van der Waals surface area contributed by atoms with Crippen LogP contribution in [-0.4, -0.2) is 16.2 Å². The molecule has 0 fully saturated rings. The number of hydrogen-bond acceptors (Lipinski definition) is 6. The lowest BCUT2D eigenvalue weighted by molar-refractivity contribution is 0.482. The summed E-state index contributed by atoms with van der Waals surface area (Å²) in [5.41, 5.74) is 3.73. The number of hydrogen-bond donors (Lipinski definition) is 2. The predicted molar refractivity (Wildman–Crippen MR) is 129 cm³/mol. The van der Waals surface area contributed by atoms with E-state index in [2.05, 4.69) is 20.5 Å². The van der Waals surface area contributed by atoms with Gasteiger partial charge in [-0.1, -0.05) is 65.7 Å². The van der Waals surface area contributed by atoms with Crippen LogP contribution in [0.15, 0.2) is 82.7 Å². The van der Waals surface area contributed by atoms with Crippen molar-refractivity contribution in [1.29, 1.82) is 5.26 Å². The number of aromatic nitrogens is 2. The normalized spacial score (nSPS) is 10.7. The maximum absolute atomic E-state index is 12.3. The van der Waals surface area contributed by atoms with Crippen LogP contribution >= 0.6 is 23.2 Å². The van der Waals surface area contributed by atoms with E-state index in [1.54, 1.807) is 60.7 Å². The molecule has 33 heavy (non-hydrogen) atoms. The fourth-order valence-corrected chi connectivity index (χ4v) is 3.49. The summed E-state index contributed by atoms with van der Waals surface area (Å²) in [4.78, 5) is 19.2. The van der Waals surface area contributed by atoms with Crippen molar-refractivity contribution in [3.05, 3.63) is 104 Å². The van der Waals surface area contributed by atoms with Crippen LogP contribution in [0.2, 0.25) is 10.0 Å². The molecule has 0 unspecified atom stereocenters. The van der Waals surface area contributed by atoms with Crippen molar-refractivity contribution in [3.63, 3.8) is 0 Å². The van der Waals surface area contributed by atoms with Gasteiger partial charge in [0.25, 0.3) is 5.56 Å². The van der Waals surface area contributed by atoms with Crippen LogP contribution in [0.1, 0.15) is 11.1 Å². The summed E-state index contributed by atoms with van der Waals surface area (Å²) < 4.78 is 5.81. The molecule has 0 radical (unpaired) electrons. The number of aromatic amines is 1. The van der Waals surface area contributed by atoms with E-state index in [-0.39, 0.29) is 17.2 Å². The monoisotopic (exact) mass is 475 g/mol. The average molecular weight is 476 g/mol. The number of benzene rings is 3. The minimum absolute atomic E-state index is 0.0679. The number of halogens is 2. The van der Waals surface area contributed by atoms with Gasteiger partial charge in [-0.05, 0) is 35.9 Å². The van der Waals surface area contributed by atoms with E-state index in [1.165, 1.54) is 6.21 Å². The van der Waals surface area contributed by atoms with Gasteiger partial charge in [-0.25, -0.2) is 10.4 Å². The Kier molecular flexibility index (Phi) is 6.69. The Labute approximate surface area is 198 Å². The molecule has 3 aromatic carbocycles. The molecule has 0 saturated carbocycles. The zero-order valence-corrected chi connectivity index (χ0v) is 18.4. The predicted octanol–water partition coefficient (Wildman–Crippen LogP) is 5.85. The van der Waals surface area contributed by atoms with Crippen molar-refractivity contribution in [2.75, 3.05) is 5.43 Å². The number of hydrazone groups is 1. The first kappa shape index (κ1) is 22.1. The molecule has 4 rings (SSSR count). The number of anilines is 1. The number of ether oxygens (including phenoxy) is 1. The molecule has 0 amide bonds. The van der Waals surface area contributed by atoms with Gasteiger partial charge in [0.15, 0.2) is 0 Å². The summed E-state index contributed by atoms with van der Waals surface area (Å²) in [5, 5.41) is 14.4. The second-order valence-electron chi connectivity index (χ2n) is 6.77. The Balaban J connectivity index is 1.53. The van der Waals surface area contributed by atoms with Crippen molar-refractivity contribution in [2.45, 2.75) is 0 Å². The maximum Gasteiger partial charge on any atom is 0.270 e. The van der Waals surface area contributed by atoms with E-state index < -0.39 is 5.56 Å². The fourth-order valence-electron chi connectivity index (χ4n) is 2.98. The summed E-state index contributed by atoms with van der Waals surface area (Å²) in [6, 6.07) is 23.0. The molecule has 0 saturated heterocycles. The minimum atomic E-state index is -0.556. The highest BCUT2D eigenvalue weighted by molar-refractivity contribution is 6.34. The Morgan fingerprint density at radius 2 is 1.76 bits per heavy atom. The standard InChI is InChI=1S/C24H15Cl2N5O2/c25-17-10-18(26)12-20(11-17)33-19-8-4-5-15(9-19)14-28-31-24-29-22(16-6-2-1-3-7-16)21(13-27)23(32)30-24/h1-12,14H,(H2,29,30,31,32). The van der Waals surface area contributed by atoms with Crippen molar-refractivity contribution in [2.24, 2.45) is 5.10 Å². The molecule has 0 atom stereocenters. The molecule has 9 heteroatoms. The van der Waals surface area contributed by atoms with Crippen LogP contribution in [-0.2, 0) is 0 Å². The molecule has 7 nitrogen and oxygen atoms in total. The Morgan fingerprint density at radius 3 is 2.48 bits per heavy atom. The molecule has 0 aliphatic carbocycles. The van der Waals surface area contributed by atoms with E-state index >= 15 is 0 Å². The third kappa shape index (κ3) is 5.57. The Bertz CT molecular complexity index is 1410. The zero-order valence-electron chi connectivity index (χ0n) is 16.9. The van der Waals surface area contributed by atoms with Crippen LogP contribution in [0.4, 0.5) is 5.95 Å². The van der Waals surface area contributed by atoms with Crippen LogP contribution in [0.25, 0.3) is 11.3 Å². The van der Waals surface area contributed by atoms with Crippen molar-refractivity contribution < 1.29 is 4.74 Å². The molecule has 4 aromatic rings. The lowest BCUT2D eigenvalue weighted by Gasteiger charge is -2.07. The number of nitrogens with one attached hydrogen (secondary N) is 2. The number of H-pyrrole nitrogens is 1. The molecule has 0 bridgehead atoms. The van der Waals surface area contributed by atoms with Crippen molar-refractivity contribution >= 4 is 35.4 Å². The van der Waals surface area contributed by atoms with E-state index in [0.717, 1.165) is 5.56 Å². The maximum atomic E-state index is 12.3. The van der Waals surface area contributed by atoms with E-state index in [0.29, 0.717) is 27.1 Å². The SMILES string of the molecule is N#Cc1c(-c2ccccc2)nc(NN=Cc2cccc(Oc3cc(Cl)cc(Cl)c3)c2)[nH]c1=O. The van der Waals surface area contributed by atoms with Crippen LogP contribution < -0.4 is 15.7 Å². The first-order valence-corrected chi connectivity index (χ1v) is 10.4. The Hall–Kier alpha value is -4.12. The van der Waals surface area contributed by atoms with Gasteiger partial charge in [0, 0.05) is 15.6 Å². The molecule has 1 aromatic heterocycles. The lowest BCUT2D eigenvalue weighted by atomic mass is 10.1. The van der Waals surface area contributed by atoms with Gasteiger partial charge >= 0.3 is 0 Å². The molecular formula is C24H15Cl2N5O2. The van der Waals surface area contributed by atoms with E-state index in [4.69, 9.17) is 27.9 Å². The molecule has 162 valence electrons. The van der Waals surface area contributed by atoms with Gasteiger partial charge in [-0.3, -0.25) is 9.78 Å². The summed E-state index contributed by atoms with van der Waals surface area (Å²) in [5.74, 6) is 1.18. The van der Waals surface area contributed by atoms with Crippen LogP contribution in [0.3, 0.4) is 0 Å². The van der Waals surface area contributed by atoms with Crippen molar-refractivity contribution in [3.8, 4) is 28.8 Å². The highest BCUT2D eigenvalue weighted by Crippen LogP contribution is 2.28. The molecule has 1 heterocycles. The van der Waals surface area contributed by atoms with Crippen LogP contribution in [0, 0.1) is 11.3 Å². The summed E-state index contributed by atoms with van der Waals surface area (Å²) >= 11 is 12.0. The smallest absolute Gasteiger partial charge is 0.270 e. The van der Waals surface area contributed by atoms with E-state index in [9.17, 15) is 10.1 Å². The number of nitriles is 1. The van der Waals surface area contributed by atoms with Gasteiger partial charge in [0.1, 0.15) is 23.1 Å². The van der Waals surface area contributed by atoms with Gasteiger partial charge in [-0.15, -0.1) is 0 Å². The third-order valence-electron chi connectivity index (χ3n) is 4.39. The lowest BCUT2D eigenvalue weighted by Crippen LogP contribution is -2.16. The summed E-state index contributed by atoms with van der Waals surface area (Å²) in [6.45, 7) is 0. The fraction of sp³-hybridized carbons (Fsp3) is 0. The second kappa shape index (κ2) is 10.0. The number of nitrogens with zero attached hydrogens (tertiary/aromatic N) is 3. The molecule has 0 aliphatic rings. The Morgan fingerprint density at radius 1 is 1.00 bits per heavy atom. The zero-order chi connectivity index (χ0) is 23.2. The number of rotatable bonds is 6. The topological polar surface area (TPSA) is 103 Å². The molecule has 2 N–H and O–H groups in total. The molecule has 0 aliphatic heterocycles. The largest absolute Gasteiger partial charge is 0.457 e. The third-order valence-corrected chi connectivity index (χ3v) is 4.83. The molecule has 0 spiro atoms. The first-order valence-electron chi connectivity index (χ1n) is 9.65. The summed E-state index contributed by atoms with van der Waals surface area (Å²) in [7, 11) is 0. The van der Waals surface area contributed by atoms with Gasteiger partial charge in [-0.2, -0.15) is 10.4 Å². The van der Waals surface area contributed by atoms with Crippen molar-refractivity contribution in [1.82, 2.24) is 9.97 Å². The second-order valence-corrected chi connectivity index (χ2v) is 7.64. The average Bonchev–Trinajstić information content (AvgIpc) is 2.79. The van der Waals surface area contributed by atoms with Gasteiger partial charge in [0.2, 0.25) is 5.95 Å². The quantitative estimate of drug-likeness (QED) is 0.268.